The first kappa shape index (κ1) is 13.9. The molecular weight excluding hydrogens is 216 g/mol. The van der Waals surface area contributed by atoms with Gasteiger partial charge in [-0.25, -0.2) is 0 Å². The van der Waals surface area contributed by atoms with Crippen LogP contribution >= 0.6 is 0 Å². The van der Waals surface area contributed by atoms with Crippen molar-refractivity contribution in [1.29, 1.82) is 0 Å². The molecule has 2 heteroatoms. The fourth-order valence-electron chi connectivity index (χ4n) is 0.571. The molecule has 1 nitrogen and oxygen atoms in total. The first-order valence-corrected chi connectivity index (χ1v) is 5.86. The van der Waals surface area contributed by atoms with E-state index in [1.165, 1.54) is 18.4 Å². The van der Waals surface area contributed by atoms with Gasteiger partial charge in [0.15, 0.2) is 0 Å². The lowest BCUT2D eigenvalue weighted by molar-refractivity contribution is 0.691. The number of hydrogen-bond donors (Lipinski definition) is 0. The van der Waals surface area contributed by atoms with Crippen LogP contribution in [0.4, 0.5) is 0 Å². The Labute approximate surface area is 99.5 Å². The lowest BCUT2D eigenvalue weighted by Gasteiger charge is -1.87. The summed E-state index contributed by atoms with van der Waals surface area (Å²) in [5.74, 6) is 20.8. The third kappa shape index (κ3) is 7.29. The quantitative estimate of drug-likeness (QED) is 0.619. The highest BCUT2D eigenvalue weighted by Crippen LogP contribution is 1.95. The molecule has 78 valence electrons. The van der Waals surface area contributed by atoms with E-state index in [2.05, 4.69) is 53.9 Å². The second-order valence-electron chi connectivity index (χ2n) is 2.33. The maximum atomic E-state index is 11.2. The summed E-state index contributed by atoms with van der Waals surface area (Å²) in [5, 5.41) is 0. The average molecular weight is 226 g/mol. The topological polar surface area (TPSA) is 17.1 Å². The minimum Gasteiger partial charge on any atom is -0.254 e. The molecule has 0 amide bonds. The van der Waals surface area contributed by atoms with Crippen LogP contribution in [0, 0.1) is 47.4 Å². The van der Waals surface area contributed by atoms with Crippen LogP contribution in [0.1, 0.15) is 6.92 Å². The zero-order chi connectivity index (χ0) is 12.2. The fourth-order valence-corrected chi connectivity index (χ4v) is 0.991. The van der Waals surface area contributed by atoms with E-state index in [9.17, 15) is 4.21 Å². The van der Waals surface area contributed by atoms with E-state index in [-0.39, 0.29) is 0 Å². The summed E-state index contributed by atoms with van der Waals surface area (Å²) >= 11 is 0. The molecule has 1 unspecified atom stereocenters. The van der Waals surface area contributed by atoms with E-state index >= 15 is 0 Å². The van der Waals surface area contributed by atoms with Crippen LogP contribution in [-0.2, 0) is 10.8 Å². The standard InChI is InChI=1S/C14H10OS/c1-4-6-8-10-12-14(16(3)15)13-11-9-7-5-2/h4,13H,1H2,2-3H3/b14-13-. The van der Waals surface area contributed by atoms with Gasteiger partial charge in [-0.15, -0.1) is 0 Å². The molecule has 0 saturated carbocycles. The van der Waals surface area contributed by atoms with E-state index in [1.54, 1.807) is 6.92 Å². The molecule has 0 heterocycles. The Morgan fingerprint density at radius 3 is 2.44 bits per heavy atom. The molecule has 0 aliphatic rings. The molecule has 0 rings (SSSR count). The van der Waals surface area contributed by atoms with Crippen molar-refractivity contribution in [3.63, 3.8) is 0 Å². The van der Waals surface area contributed by atoms with E-state index in [4.69, 9.17) is 0 Å². The summed E-state index contributed by atoms with van der Waals surface area (Å²) in [6.45, 7) is 5.13. The largest absolute Gasteiger partial charge is 0.254 e. The molecule has 0 spiro atoms. The Hall–Kier alpha value is -2.13. The Bertz CT molecular complexity index is 549. The maximum Gasteiger partial charge on any atom is 0.0977 e. The summed E-state index contributed by atoms with van der Waals surface area (Å²) in [6.07, 6.45) is 4.47. The molecule has 0 fully saturated rings. The Morgan fingerprint density at radius 2 is 1.88 bits per heavy atom. The normalized spacial score (nSPS) is 9.75. The van der Waals surface area contributed by atoms with Crippen LogP contribution in [0.15, 0.2) is 23.6 Å². The van der Waals surface area contributed by atoms with Crippen molar-refractivity contribution in [3.05, 3.63) is 23.6 Å². The van der Waals surface area contributed by atoms with Gasteiger partial charge in [-0.05, 0) is 42.6 Å². The van der Waals surface area contributed by atoms with Crippen LogP contribution in [0.25, 0.3) is 0 Å². The molecule has 0 aliphatic heterocycles. The second-order valence-corrected chi connectivity index (χ2v) is 3.68. The fraction of sp³-hybridized carbons (Fsp3) is 0.143. The molecule has 0 saturated heterocycles. The van der Waals surface area contributed by atoms with Crippen molar-refractivity contribution < 1.29 is 4.21 Å². The van der Waals surface area contributed by atoms with Crippen molar-refractivity contribution >= 4 is 10.8 Å². The monoisotopic (exact) mass is 226 g/mol. The molecule has 0 radical (unpaired) electrons. The smallest absolute Gasteiger partial charge is 0.0977 e. The molecule has 1 atom stereocenters. The van der Waals surface area contributed by atoms with E-state index in [0.717, 1.165) is 0 Å². The van der Waals surface area contributed by atoms with Gasteiger partial charge in [0.2, 0.25) is 0 Å². The summed E-state index contributed by atoms with van der Waals surface area (Å²) in [6, 6.07) is 0. The van der Waals surface area contributed by atoms with Gasteiger partial charge in [0.05, 0.1) is 15.7 Å². The van der Waals surface area contributed by atoms with Gasteiger partial charge in [-0.2, -0.15) is 0 Å². The molecule has 0 aromatic carbocycles. The highest BCUT2D eigenvalue weighted by molar-refractivity contribution is 7.88. The van der Waals surface area contributed by atoms with Crippen LogP contribution < -0.4 is 0 Å². The number of hydrogen-bond acceptors (Lipinski definition) is 1. The van der Waals surface area contributed by atoms with Gasteiger partial charge in [0, 0.05) is 12.3 Å². The Balaban J connectivity index is 4.93. The third-order valence-corrected chi connectivity index (χ3v) is 2.03. The van der Waals surface area contributed by atoms with Crippen LogP contribution in [-0.4, -0.2) is 10.5 Å². The summed E-state index contributed by atoms with van der Waals surface area (Å²) < 4.78 is 11.2. The first-order chi connectivity index (χ1) is 7.72. The summed E-state index contributed by atoms with van der Waals surface area (Å²) in [7, 11) is -1.17. The zero-order valence-electron chi connectivity index (χ0n) is 9.18. The van der Waals surface area contributed by atoms with E-state index in [1.807, 2.05) is 0 Å². The van der Waals surface area contributed by atoms with Gasteiger partial charge in [-0.1, -0.05) is 24.3 Å². The van der Waals surface area contributed by atoms with Gasteiger partial charge in [0.25, 0.3) is 0 Å². The SMILES string of the molecule is C=CC#CC#C/C(=C/C#CC#CC)S(C)=O. The summed E-state index contributed by atoms with van der Waals surface area (Å²) in [5.41, 5.74) is 0. The van der Waals surface area contributed by atoms with Crippen LogP contribution in [0.2, 0.25) is 0 Å². The molecular formula is C14H10OS. The van der Waals surface area contributed by atoms with Crippen molar-refractivity contribution in [1.82, 2.24) is 0 Å². The third-order valence-electron chi connectivity index (χ3n) is 1.20. The average Bonchev–Trinajstić information content (AvgIpc) is 2.26. The zero-order valence-corrected chi connectivity index (χ0v) is 9.99. The molecule has 0 bridgehead atoms. The number of rotatable bonds is 1. The second kappa shape index (κ2) is 9.43. The van der Waals surface area contributed by atoms with Crippen molar-refractivity contribution in [2.24, 2.45) is 0 Å². The van der Waals surface area contributed by atoms with Crippen LogP contribution in [0.5, 0.6) is 0 Å². The van der Waals surface area contributed by atoms with Crippen LogP contribution in [0.3, 0.4) is 0 Å². The van der Waals surface area contributed by atoms with Gasteiger partial charge in [0.1, 0.15) is 0 Å². The molecule has 0 aromatic rings. The molecule has 0 N–H and O–H groups in total. The minimum absolute atomic E-state index is 0.434. The van der Waals surface area contributed by atoms with Gasteiger partial charge < -0.3 is 0 Å². The van der Waals surface area contributed by atoms with Crippen molar-refractivity contribution in [3.8, 4) is 47.4 Å². The van der Waals surface area contributed by atoms with Gasteiger partial charge >= 0.3 is 0 Å². The Morgan fingerprint density at radius 1 is 1.19 bits per heavy atom. The maximum absolute atomic E-state index is 11.2. The predicted octanol–water partition coefficient (Wildman–Crippen LogP) is 1.47. The predicted molar refractivity (Wildman–Crippen MR) is 69.1 cm³/mol. The number of allylic oxidation sites excluding steroid dienone is 3. The lowest BCUT2D eigenvalue weighted by Crippen LogP contribution is -1.87. The van der Waals surface area contributed by atoms with Gasteiger partial charge in [-0.3, -0.25) is 4.21 Å². The minimum atomic E-state index is -1.17. The van der Waals surface area contributed by atoms with Crippen molar-refractivity contribution in [2.75, 3.05) is 6.26 Å². The molecule has 16 heavy (non-hydrogen) atoms. The highest BCUT2D eigenvalue weighted by atomic mass is 32.2. The van der Waals surface area contributed by atoms with E-state index in [0.29, 0.717) is 4.91 Å². The van der Waals surface area contributed by atoms with Crippen molar-refractivity contribution in [2.45, 2.75) is 6.92 Å². The first-order valence-electron chi connectivity index (χ1n) is 4.30. The van der Waals surface area contributed by atoms with E-state index < -0.39 is 10.8 Å². The highest BCUT2D eigenvalue weighted by Gasteiger charge is 1.94. The Kier molecular flexibility index (Phi) is 8.17. The summed E-state index contributed by atoms with van der Waals surface area (Å²) in [4.78, 5) is 0.434. The molecule has 0 aliphatic carbocycles. The lowest BCUT2D eigenvalue weighted by atomic mass is 10.4. The molecule has 0 aromatic heterocycles.